The number of carbonyl (C=O) groups is 1. The molecule has 0 aliphatic carbocycles. The highest BCUT2D eigenvalue weighted by atomic mass is 32.1. The Morgan fingerprint density at radius 3 is 2.52 bits per heavy atom. The molecule has 1 aromatic heterocycles. The Labute approximate surface area is 137 Å². The van der Waals surface area contributed by atoms with Gasteiger partial charge in [0.1, 0.15) is 5.75 Å². The fourth-order valence-electron chi connectivity index (χ4n) is 2.01. The van der Waals surface area contributed by atoms with Crippen molar-refractivity contribution in [2.24, 2.45) is 0 Å². The van der Waals surface area contributed by atoms with Gasteiger partial charge in [0.25, 0.3) is 0 Å². The van der Waals surface area contributed by atoms with Crippen LogP contribution < -0.4 is 15.4 Å². The van der Waals surface area contributed by atoms with Gasteiger partial charge in [0, 0.05) is 4.88 Å². The smallest absolute Gasteiger partial charge is 0.387 e. The van der Waals surface area contributed by atoms with Gasteiger partial charge in [0.15, 0.2) is 0 Å². The lowest BCUT2D eigenvalue weighted by molar-refractivity contribution is -0.0498. The van der Waals surface area contributed by atoms with Gasteiger partial charge in [-0.2, -0.15) is 8.78 Å². The van der Waals surface area contributed by atoms with E-state index in [1.165, 1.54) is 12.1 Å². The Kier molecular flexibility index (Phi) is 5.92. The van der Waals surface area contributed by atoms with Crippen LogP contribution in [0.5, 0.6) is 5.75 Å². The summed E-state index contributed by atoms with van der Waals surface area (Å²) in [6.45, 7) is 1.45. The van der Waals surface area contributed by atoms with Crippen molar-refractivity contribution < 1.29 is 18.3 Å². The molecule has 1 heterocycles. The standard InChI is InChI=1S/C16H18F2N2O2S/c1-10-7-8-23-14(10)9-19-16(21)20-11(2)12-3-5-13(6-4-12)22-15(17)18/h3-8,11,15H,9H2,1-2H3,(H2,19,20,21). The minimum Gasteiger partial charge on any atom is -0.435 e. The fraction of sp³-hybridized carbons (Fsp3) is 0.312. The van der Waals surface area contributed by atoms with Gasteiger partial charge in [-0.25, -0.2) is 4.79 Å². The molecule has 124 valence electrons. The van der Waals surface area contributed by atoms with Gasteiger partial charge < -0.3 is 15.4 Å². The second kappa shape index (κ2) is 7.92. The molecule has 0 aliphatic heterocycles. The van der Waals surface area contributed by atoms with Crippen molar-refractivity contribution in [2.75, 3.05) is 0 Å². The number of halogens is 2. The number of aryl methyl sites for hydroxylation is 1. The van der Waals surface area contributed by atoms with Gasteiger partial charge >= 0.3 is 12.6 Å². The molecule has 0 saturated heterocycles. The zero-order chi connectivity index (χ0) is 16.8. The average Bonchev–Trinajstić information content (AvgIpc) is 2.90. The first-order valence-corrected chi connectivity index (χ1v) is 7.96. The zero-order valence-corrected chi connectivity index (χ0v) is 13.6. The summed E-state index contributed by atoms with van der Waals surface area (Å²) >= 11 is 1.60. The monoisotopic (exact) mass is 340 g/mol. The number of benzene rings is 1. The van der Waals surface area contributed by atoms with Crippen LogP contribution >= 0.6 is 11.3 Å². The number of urea groups is 1. The minimum absolute atomic E-state index is 0.0913. The maximum atomic E-state index is 12.1. The van der Waals surface area contributed by atoms with Crippen LogP contribution in [0.1, 0.15) is 29.0 Å². The summed E-state index contributed by atoms with van der Waals surface area (Å²) in [6, 6.07) is 7.67. The molecule has 23 heavy (non-hydrogen) atoms. The first kappa shape index (κ1) is 17.2. The highest BCUT2D eigenvalue weighted by Gasteiger charge is 2.11. The van der Waals surface area contributed by atoms with E-state index in [1.807, 2.05) is 25.3 Å². The Morgan fingerprint density at radius 2 is 1.96 bits per heavy atom. The molecular weight excluding hydrogens is 322 g/mol. The molecule has 0 spiro atoms. The van der Waals surface area contributed by atoms with E-state index in [9.17, 15) is 13.6 Å². The minimum atomic E-state index is -2.84. The van der Waals surface area contributed by atoms with Crippen molar-refractivity contribution in [3.63, 3.8) is 0 Å². The average molecular weight is 340 g/mol. The summed E-state index contributed by atoms with van der Waals surface area (Å²) in [6.07, 6.45) is 0. The Hall–Kier alpha value is -2.15. The third kappa shape index (κ3) is 5.21. The van der Waals surface area contributed by atoms with Crippen molar-refractivity contribution in [1.82, 2.24) is 10.6 Å². The topological polar surface area (TPSA) is 50.4 Å². The van der Waals surface area contributed by atoms with Crippen LogP contribution in [0.25, 0.3) is 0 Å². The van der Waals surface area contributed by atoms with Gasteiger partial charge in [-0.1, -0.05) is 12.1 Å². The number of nitrogens with one attached hydrogen (secondary N) is 2. The number of hydrogen-bond donors (Lipinski definition) is 2. The van der Waals surface area contributed by atoms with E-state index in [0.29, 0.717) is 6.54 Å². The van der Waals surface area contributed by atoms with Gasteiger partial charge in [-0.15, -0.1) is 11.3 Å². The van der Waals surface area contributed by atoms with Crippen LogP contribution in [0.4, 0.5) is 13.6 Å². The molecule has 1 aromatic carbocycles. The fourth-order valence-corrected chi connectivity index (χ4v) is 2.86. The second-order valence-corrected chi connectivity index (χ2v) is 6.02. The molecule has 4 nitrogen and oxygen atoms in total. The van der Waals surface area contributed by atoms with Crippen LogP contribution in [0.3, 0.4) is 0 Å². The van der Waals surface area contributed by atoms with Gasteiger partial charge in [-0.3, -0.25) is 0 Å². The van der Waals surface area contributed by atoms with E-state index in [0.717, 1.165) is 16.0 Å². The number of rotatable bonds is 6. The molecule has 1 unspecified atom stereocenters. The number of alkyl halides is 2. The highest BCUT2D eigenvalue weighted by Crippen LogP contribution is 2.19. The molecule has 7 heteroatoms. The summed E-state index contributed by atoms with van der Waals surface area (Å²) in [4.78, 5) is 13.0. The molecule has 0 saturated carbocycles. The van der Waals surface area contributed by atoms with E-state index >= 15 is 0 Å². The molecule has 2 rings (SSSR count). The van der Waals surface area contributed by atoms with Gasteiger partial charge in [-0.05, 0) is 48.6 Å². The summed E-state index contributed by atoms with van der Waals surface area (Å²) < 4.78 is 28.5. The number of thiophene rings is 1. The highest BCUT2D eigenvalue weighted by molar-refractivity contribution is 7.10. The lowest BCUT2D eigenvalue weighted by Crippen LogP contribution is -2.36. The molecule has 0 fully saturated rings. The van der Waals surface area contributed by atoms with Crippen molar-refractivity contribution in [2.45, 2.75) is 33.0 Å². The Bertz CT molecular complexity index is 644. The van der Waals surface area contributed by atoms with Crippen molar-refractivity contribution in [3.8, 4) is 5.75 Å². The van der Waals surface area contributed by atoms with Crippen molar-refractivity contribution in [3.05, 3.63) is 51.7 Å². The van der Waals surface area contributed by atoms with Crippen LogP contribution in [-0.2, 0) is 6.54 Å². The number of amides is 2. The lowest BCUT2D eigenvalue weighted by Gasteiger charge is -2.15. The van der Waals surface area contributed by atoms with Crippen molar-refractivity contribution >= 4 is 17.4 Å². The van der Waals surface area contributed by atoms with Gasteiger partial charge in [0.05, 0.1) is 12.6 Å². The van der Waals surface area contributed by atoms with Crippen LogP contribution in [0.2, 0.25) is 0 Å². The predicted molar refractivity (Wildman–Crippen MR) is 85.9 cm³/mol. The molecule has 0 bridgehead atoms. The van der Waals surface area contributed by atoms with E-state index < -0.39 is 6.61 Å². The van der Waals surface area contributed by atoms with Gasteiger partial charge in [0.2, 0.25) is 0 Å². The summed E-state index contributed by atoms with van der Waals surface area (Å²) in [7, 11) is 0. The van der Waals surface area contributed by atoms with Crippen LogP contribution in [0.15, 0.2) is 35.7 Å². The second-order valence-electron chi connectivity index (χ2n) is 5.02. The Balaban J connectivity index is 1.84. The zero-order valence-electron chi connectivity index (χ0n) is 12.8. The molecule has 2 N–H and O–H groups in total. The summed E-state index contributed by atoms with van der Waals surface area (Å²) in [5.74, 6) is 0.0913. The maximum Gasteiger partial charge on any atom is 0.387 e. The predicted octanol–water partition coefficient (Wildman–Crippen LogP) is 4.22. The quantitative estimate of drug-likeness (QED) is 0.827. The molecule has 0 radical (unpaired) electrons. The van der Waals surface area contributed by atoms with Crippen molar-refractivity contribution in [1.29, 1.82) is 0 Å². The van der Waals surface area contributed by atoms with Crippen LogP contribution in [-0.4, -0.2) is 12.6 Å². The molecule has 2 amide bonds. The number of carbonyl (C=O) groups excluding carboxylic acids is 1. The Morgan fingerprint density at radius 1 is 1.26 bits per heavy atom. The number of hydrogen-bond acceptors (Lipinski definition) is 3. The van der Waals surface area contributed by atoms with E-state index in [2.05, 4.69) is 15.4 Å². The van der Waals surface area contributed by atoms with E-state index in [4.69, 9.17) is 0 Å². The largest absolute Gasteiger partial charge is 0.435 e. The number of ether oxygens (including phenoxy) is 1. The normalized spacial score (nSPS) is 12.0. The third-order valence-electron chi connectivity index (χ3n) is 3.33. The SMILES string of the molecule is Cc1ccsc1CNC(=O)NC(C)c1ccc(OC(F)F)cc1. The molecule has 0 aliphatic rings. The van der Waals surface area contributed by atoms with E-state index in [1.54, 1.807) is 23.5 Å². The van der Waals surface area contributed by atoms with Crippen LogP contribution in [0, 0.1) is 6.92 Å². The summed E-state index contributed by atoms with van der Waals surface area (Å²) in [5, 5.41) is 7.59. The van der Waals surface area contributed by atoms with E-state index in [-0.39, 0.29) is 17.8 Å². The summed E-state index contributed by atoms with van der Waals surface area (Å²) in [5.41, 5.74) is 1.95. The molecule has 1 atom stereocenters. The first-order valence-electron chi connectivity index (χ1n) is 7.08. The molecular formula is C16H18F2N2O2S. The first-order chi connectivity index (χ1) is 11.0. The molecule has 2 aromatic rings. The maximum absolute atomic E-state index is 12.1. The third-order valence-corrected chi connectivity index (χ3v) is 4.35. The lowest BCUT2D eigenvalue weighted by atomic mass is 10.1.